The number of para-hydroxylation sites is 1. The summed E-state index contributed by atoms with van der Waals surface area (Å²) in [6, 6.07) is 13.4. The number of carbonyl (C=O) groups is 3. The summed E-state index contributed by atoms with van der Waals surface area (Å²) in [6.07, 6.45) is 2.21. The number of ether oxygens (including phenoxy) is 1. The van der Waals surface area contributed by atoms with Gasteiger partial charge in [-0.25, -0.2) is 0 Å². The molecule has 2 aromatic carbocycles. The molecule has 2 N–H and O–H groups in total. The zero-order valence-corrected chi connectivity index (χ0v) is 21.7. The number of likely N-dealkylation sites (tertiary alicyclic amines) is 1. The van der Waals surface area contributed by atoms with Crippen LogP contribution in [0.3, 0.4) is 0 Å². The van der Waals surface area contributed by atoms with E-state index < -0.39 is 47.5 Å². The summed E-state index contributed by atoms with van der Waals surface area (Å²) < 4.78 is 6.36. The number of carboxylic acids is 1. The second-order valence-corrected chi connectivity index (χ2v) is 10.6. The average molecular weight is 519 g/mol. The number of hydrogen-bond acceptors (Lipinski definition) is 5. The molecule has 3 aliphatic rings. The lowest BCUT2D eigenvalue weighted by Crippen LogP contribution is -2.59. The number of amides is 2. The van der Waals surface area contributed by atoms with Gasteiger partial charge in [-0.3, -0.25) is 14.4 Å². The summed E-state index contributed by atoms with van der Waals surface area (Å²) in [5, 5.41) is 20.6. The molecule has 0 aliphatic carbocycles. The predicted molar refractivity (Wildman–Crippen MR) is 142 cm³/mol. The van der Waals surface area contributed by atoms with Crippen LogP contribution < -0.4 is 4.90 Å². The van der Waals surface area contributed by atoms with Crippen molar-refractivity contribution >= 4 is 23.5 Å². The van der Waals surface area contributed by atoms with Crippen LogP contribution in [0, 0.1) is 25.7 Å². The van der Waals surface area contributed by atoms with Crippen LogP contribution in [0.5, 0.6) is 0 Å². The van der Waals surface area contributed by atoms with E-state index in [0.717, 1.165) is 22.4 Å². The van der Waals surface area contributed by atoms with E-state index in [-0.39, 0.29) is 19.1 Å². The lowest BCUT2D eigenvalue weighted by atomic mass is 9.70. The van der Waals surface area contributed by atoms with Crippen molar-refractivity contribution in [3.05, 3.63) is 77.9 Å². The molecular weight excluding hydrogens is 484 g/mol. The Morgan fingerprint density at radius 2 is 1.87 bits per heavy atom. The molecule has 2 unspecified atom stereocenters. The summed E-state index contributed by atoms with van der Waals surface area (Å²) in [4.78, 5) is 44.2. The largest absolute Gasteiger partial charge is 0.481 e. The Kier molecular flexibility index (Phi) is 6.88. The number of anilines is 1. The minimum absolute atomic E-state index is 0.206. The van der Waals surface area contributed by atoms with Gasteiger partial charge in [0.2, 0.25) is 5.91 Å². The number of benzene rings is 2. The predicted octanol–water partition coefficient (Wildman–Crippen LogP) is 2.89. The van der Waals surface area contributed by atoms with Crippen LogP contribution in [-0.2, 0) is 25.5 Å². The van der Waals surface area contributed by atoms with Crippen LogP contribution in [0.2, 0.25) is 0 Å². The first-order valence-electron chi connectivity index (χ1n) is 13.1. The lowest BCUT2D eigenvalue weighted by molar-refractivity contribution is -0.151. The van der Waals surface area contributed by atoms with E-state index in [1.54, 1.807) is 11.0 Å². The number of aryl methyl sites for hydroxylation is 2. The molecule has 2 amide bonds. The molecule has 3 aliphatic heterocycles. The molecule has 3 saturated heterocycles. The first kappa shape index (κ1) is 26.1. The van der Waals surface area contributed by atoms with Gasteiger partial charge in [0.1, 0.15) is 11.6 Å². The molecule has 0 aromatic heterocycles. The van der Waals surface area contributed by atoms with Gasteiger partial charge in [0.25, 0.3) is 5.91 Å². The maximum atomic E-state index is 14.6. The van der Waals surface area contributed by atoms with Gasteiger partial charge in [0.15, 0.2) is 0 Å². The fraction of sp³-hybridized carbons (Fsp3) is 0.433. The van der Waals surface area contributed by atoms with Gasteiger partial charge in [-0.05, 0) is 49.8 Å². The van der Waals surface area contributed by atoms with Crippen molar-refractivity contribution in [2.75, 3.05) is 18.1 Å². The van der Waals surface area contributed by atoms with Crippen LogP contribution in [0.25, 0.3) is 0 Å². The Morgan fingerprint density at radius 1 is 1.18 bits per heavy atom. The second-order valence-electron chi connectivity index (χ2n) is 10.6. The maximum absolute atomic E-state index is 14.6. The molecule has 6 atom stereocenters. The van der Waals surface area contributed by atoms with E-state index >= 15 is 0 Å². The van der Waals surface area contributed by atoms with E-state index in [1.165, 1.54) is 4.90 Å². The zero-order chi connectivity index (χ0) is 27.2. The molecule has 2 aromatic rings. The standard InChI is InChI=1S/C30H34N2O6/c1-4-15-31(25-18(2)9-8-10-19(25)3)28(35)26-30-14-13-22(38-30)23(29(36)37)24(30)27(34)32(26)21(17-33)16-20-11-6-5-7-12-20/h4-12,21-24,26,33H,1,13-17H2,2-3H3,(H,36,37)/t21-,22-,23+,24+,26?,30?/m1/s1. The number of carboxylic acid groups (broad SMARTS) is 1. The number of nitrogens with zero attached hydrogens (tertiary/aromatic N) is 2. The second kappa shape index (κ2) is 10.0. The molecule has 8 heteroatoms. The number of carbonyl (C=O) groups excluding carboxylic acids is 2. The van der Waals surface area contributed by atoms with Gasteiger partial charge in [-0.2, -0.15) is 0 Å². The molecule has 38 heavy (non-hydrogen) atoms. The van der Waals surface area contributed by atoms with Crippen molar-refractivity contribution in [2.45, 2.75) is 56.9 Å². The fourth-order valence-electron chi connectivity index (χ4n) is 6.98. The van der Waals surface area contributed by atoms with Crippen molar-refractivity contribution in [2.24, 2.45) is 11.8 Å². The van der Waals surface area contributed by atoms with Gasteiger partial charge >= 0.3 is 5.97 Å². The Morgan fingerprint density at radius 3 is 2.47 bits per heavy atom. The van der Waals surface area contributed by atoms with Gasteiger partial charge in [0, 0.05) is 12.2 Å². The van der Waals surface area contributed by atoms with Gasteiger partial charge in [-0.1, -0.05) is 54.6 Å². The molecule has 0 radical (unpaired) electrons. The highest BCUT2D eigenvalue weighted by atomic mass is 16.5. The molecule has 0 saturated carbocycles. The van der Waals surface area contributed by atoms with Crippen molar-refractivity contribution in [1.82, 2.24) is 4.90 Å². The van der Waals surface area contributed by atoms with Gasteiger partial charge in [0.05, 0.1) is 30.6 Å². The van der Waals surface area contributed by atoms with E-state index in [1.807, 2.05) is 62.4 Å². The minimum atomic E-state index is -1.26. The number of aliphatic hydroxyl groups is 1. The zero-order valence-electron chi connectivity index (χ0n) is 21.7. The summed E-state index contributed by atoms with van der Waals surface area (Å²) >= 11 is 0. The Bertz CT molecular complexity index is 1240. The Balaban J connectivity index is 1.64. The van der Waals surface area contributed by atoms with Crippen molar-refractivity contribution in [3.63, 3.8) is 0 Å². The molecular formula is C30H34N2O6. The molecule has 3 heterocycles. The number of aliphatic carboxylic acids is 1. The smallest absolute Gasteiger partial charge is 0.310 e. The maximum Gasteiger partial charge on any atom is 0.310 e. The molecule has 1 spiro atoms. The van der Waals surface area contributed by atoms with Crippen molar-refractivity contribution < 1.29 is 29.3 Å². The van der Waals surface area contributed by atoms with E-state index in [4.69, 9.17) is 4.74 Å². The minimum Gasteiger partial charge on any atom is -0.481 e. The van der Waals surface area contributed by atoms with Crippen LogP contribution >= 0.6 is 0 Å². The van der Waals surface area contributed by atoms with Crippen LogP contribution in [-0.4, -0.2) is 69.8 Å². The summed E-state index contributed by atoms with van der Waals surface area (Å²) in [5.41, 5.74) is 2.16. The van der Waals surface area contributed by atoms with E-state index in [9.17, 15) is 24.6 Å². The normalized spacial score (nSPS) is 28.3. The topological polar surface area (TPSA) is 107 Å². The Labute approximate surface area is 222 Å². The highest BCUT2D eigenvalue weighted by molar-refractivity contribution is 6.05. The number of aliphatic hydroxyl groups excluding tert-OH is 1. The third-order valence-electron chi connectivity index (χ3n) is 8.46. The number of rotatable bonds is 9. The average Bonchev–Trinajstić information content (AvgIpc) is 3.54. The molecule has 2 bridgehead atoms. The van der Waals surface area contributed by atoms with Crippen LogP contribution in [0.15, 0.2) is 61.2 Å². The SMILES string of the molecule is C=CCN(C(=O)C1N([C@@H](CO)Cc2ccccc2)C(=O)[C@@H]2[C@@H](C(=O)O)[C@H]3CCC12O3)c1c(C)cccc1C. The van der Waals surface area contributed by atoms with Crippen LogP contribution in [0.1, 0.15) is 29.5 Å². The molecule has 5 rings (SSSR count). The van der Waals surface area contributed by atoms with Crippen molar-refractivity contribution in [3.8, 4) is 0 Å². The van der Waals surface area contributed by atoms with Crippen LogP contribution in [0.4, 0.5) is 5.69 Å². The molecule has 8 nitrogen and oxygen atoms in total. The quantitative estimate of drug-likeness (QED) is 0.495. The lowest BCUT2D eigenvalue weighted by Gasteiger charge is -2.40. The number of hydrogen-bond donors (Lipinski definition) is 2. The molecule has 200 valence electrons. The number of fused-ring (bicyclic) bond motifs is 1. The highest BCUT2D eigenvalue weighted by Crippen LogP contribution is 2.59. The molecule has 3 fully saturated rings. The van der Waals surface area contributed by atoms with Gasteiger partial charge < -0.3 is 24.7 Å². The van der Waals surface area contributed by atoms with E-state index in [0.29, 0.717) is 19.3 Å². The third kappa shape index (κ3) is 3.94. The summed E-state index contributed by atoms with van der Waals surface area (Å²) in [5.74, 6) is -3.89. The summed E-state index contributed by atoms with van der Waals surface area (Å²) in [6.45, 7) is 7.54. The van der Waals surface area contributed by atoms with E-state index in [2.05, 4.69) is 6.58 Å². The fourth-order valence-corrected chi connectivity index (χ4v) is 6.98. The highest BCUT2D eigenvalue weighted by Gasteiger charge is 2.75. The van der Waals surface area contributed by atoms with Crippen molar-refractivity contribution in [1.29, 1.82) is 0 Å². The Hall–Kier alpha value is -3.49. The first-order chi connectivity index (χ1) is 18.2. The first-order valence-corrected chi connectivity index (χ1v) is 13.1. The monoisotopic (exact) mass is 518 g/mol. The van der Waals surface area contributed by atoms with Gasteiger partial charge in [-0.15, -0.1) is 6.58 Å². The third-order valence-corrected chi connectivity index (χ3v) is 8.46. The summed E-state index contributed by atoms with van der Waals surface area (Å²) in [7, 11) is 0.